The van der Waals surface area contributed by atoms with E-state index in [1.54, 1.807) is 0 Å². The summed E-state index contributed by atoms with van der Waals surface area (Å²) in [6.07, 6.45) is 0. The van der Waals surface area contributed by atoms with Crippen LogP contribution in [0.2, 0.25) is 0 Å². The SMILES string of the molecule is CC(=O)O.CC(=O)O.CC(=O)O.O.O.[H-].[H-].[H-].[Na+].[Na+].[Na+]. The van der Waals surface area contributed by atoms with Gasteiger partial charge in [-0.05, 0) is 0 Å². The molecule has 0 aromatic heterocycles. The van der Waals surface area contributed by atoms with Gasteiger partial charge in [-0.25, -0.2) is 0 Å². The fourth-order valence-corrected chi connectivity index (χ4v) is 0. The van der Waals surface area contributed by atoms with Crippen molar-refractivity contribution in [3.8, 4) is 0 Å². The molecule has 11 heteroatoms. The minimum absolute atomic E-state index is 0. The fraction of sp³-hybridized carbons (Fsp3) is 0.500. The second-order valence-corrected chi connectivity index (χ2v) is 1.56. The Morgan fingerprint density at radius 3 is 0.647 bits per heavy atom. The van der Waals surface area contributed by atoms with Crippen molar-refractivity contribution in [2.24, 2.45) is 0 Å². The smallest absolute Gasteiger partial charge is 1.00 e. The van der Waals surface area contributed by atoms with E-state index in [0.29, 0.717) is 0 Å². The Morgan fingerprint density at radius 2 is 0.647 bits per heavy atom. The van der Waals surface area contributed by atoms with Gasteiger partial charge in [-0.3, -0.25) is 14.4 Å². The van der Waals surface area contributed by atoms with Crippen molar-refractivity contribution in [2.75, 3.05) is 0 Å². The summed E-state index contributed by atoms with van der Waals surface area (Å²) in [5.74, 6) is -2.50. The van der Waals surface area contributed by atoms with E-state index >= 15 is 0 Å². The van der Waals surface area contributed by atoms with E-state index in [4.69, 9.17) is 29.7 Å². The molecule has 0 aromatic rings. The molecule has 0 unspecified atom stereocenters. The van der Waals surface area contributed by atoms with E-state index in [9.17, 15) is 0 Å². The molecule has 94 valence electrons. The molecule has 0 aliphatic carbocycles. The molecule has 0 rings (SSSR count). The molecule has 0 radical (unpaired) electrons. The van der Waals surface area contributed by atoms with Crippen LogP contribution in [0.15, 0.2) is 0 Å². The molecule has 0 fully saturated rings. The molecule has 8 nitrogen and oxygen atoms in total. The van der Waals surface area contributed by atoms with Gasteiger partial charge in [-0.1, -0.05) is 0 Å². The minimum Gasteiger partial charge on any atom is -1.00 e. The summed E-state index contributed by atoms with van der Waals surface area (Å²) in [4.78, 5) is 27.0. The number of hydrogen-bond acceptors (Lipinski definition) is 3. The maximum absolute atomic E-state index is 9.00. The molecule has 0 saturated carbocycles. The number of hydrogen-bond donors (Lipinski definition) is 3. The van der Waals surface area contributed by atoms with Crippen LogP contribution in [0.4, 0.5) is 0 Å². The number of rotatable bonds is 0. The summed E-state index contributed by atoms with van der Waals surface area (Å²) in [7, 11) is 0. The normalized spacial score (nSPS) is 4.41. The molecule has 0 saturated heterocycles. The number of carboxylic acid groups (broad SMARTS) is 3. The van der Waals surface area contributed by atoms with Gasteiger partial charge in [0.15, 0.2) is 0 Å². The Morgan fingerprint density at radius 1 is 0.647 bits per heavy atom. The first-order valence-corrected chi connectivity index (χ1v) is 2.78. The molecule has 0 aliphatic rings. The second-order valence-electron chi connectivity index (χ2n) is 1.56. The second kappa shape index (κ2) is 43.3. The average molecular weight is 288 g/mol. The molecular weight excluding hydrogens is 269 g/mol. The van der Waals surface area contributed by atoms with Crippen LogP contribution in [0.5, 0.6) is 0 Å². The third kappa shape index (κ3) is 2300. The van der Waals surface area contributed by atoms with Crippen molar-refractivity contribution < 1.29 is 134 Å². The van der Waals surface area contributed by atoms with E-state index in [1.165, 1.54) is 0 Å². The predicted octanol–water partition coefficient (Wildman–Crippen LogP) is -10.0. The third-order valence-corrected chi connectivity index (χ3v) is 0. The summed E-state index contributed by atoms with van der Waals surface area (Å²) in [5, 5.41) is 22.2. The van der Waals surface area contributed by atoms with Gasteiger partial charge in [-0.15, -0.1) is 0 Å². The van der Waals surface area contributed by atoms with Crippen LogP contribution in [0, 0.1) is 0 Å². The molecule has 0 atom stereocenters. The molecule has 0 bridgehead atoms. The quantitative estimate of drug-likeness (QED) is 0.373. The zero-order chi connectivity index (χ0) is 10.7. The summed E-state index contributed by atoms with van der Waals surface area (Å²) >= 11 is 0. The Hall–Kier alpha value is 1.33. The Bertz CT molecular complexity index is 135. The van der Waals surface area contributed by atoms with Gasteiger partial charge in [0.2, 0.25) is 0 Å². The Balaban J connectivity index is -0.00000000562. The predicted molar refractivity (Wildman–Crippen MR) is 50.5 cm³/mol. The first-order chi connectivity index (χ1) is 5.20. The number of aliphatic carboxylic acids is 3. The van der Waals surface area contributed by atoms with Gasteiger partial charge in [0, 0.05) is 20.8 Å². The van der Waals surface area contributed by atoms with Gasteiger partial charge >= 0.3 is 88.7 Å². The van der Waals surface area contributed by atoms with Crippen molar-refractivity contribution in [3.05, 3.63) is 0 Å². The number of carbonyl (C=O) groups is 3. The molecule has 0 aliphatic heterocycles. The third-order valence-electron chi connectivity index (χ3n) is 0. The van der Waals surface area contributed by atoms with E-state index in [1.807, 2.05) is 0 Å². The molecule has 17 heavy (non-hydrogen) atoms. The zero-order valence-corrected chi connectivity index (χ0v) is 17.1. The summed E-state index contributed by atoms with van der Waals surface area (Å²) in [5.41, 5.74) is 0. The van der Waals surface area contributed by atoms with E-state index in [-0.39, 0.29) is 104 Å². The minimum atomic E-state index is -0.833. The Labute approximate surface area is 170 Å². The van der Waals surface area contributed by atoms with Crippen LogP contribution in [0.3, 0.4) is 0 Å². The van der Waals surface area contributed by atoms with Crippen LogP contribution in [0.25, 0.3) is 0 Å². The van der Waals surface area contributed by atoms with Crippen molar-refractivity contribution in [1.82, 2.24) is 0 Å². The first kappa shape index (κ1) is 51.6. The van der Waals surface area contributed by atoms with Crippen LogP contribution >= 0.6 is 0 Å². The van der Waals surface area contributed by atoms with Gasteiger partial charge in [0.05, 0.1) is 0 Å². The van der Waals surface area contributed by atoms with Crippen LogP contribution in [-0.2, 0) is 14.4 Å². The van der Waals surface area contributed by atoms with Crippen molar-refractivity contribution in [1.29, 1.82) is 0 Å². The average Bonchev–Trinajstić information content (AvgIpc) is 1.54. The molecule has 0 aromatic carbocycles. The maximum atomic E-state index is 9.00. The maximum Gasteiger partial charge on any atom is 1.00 e. The van der Waals surface area contributed by atoms with E-state index < -0.39 is 17.9 Å². The van der Waals surface area contributed by atoms with Crippen molar-refractivity contribution >= 4 is 17.9 Å². The molecule has 7 N–H and O–H groups in total. The fourth-order valence-electron chi connectivity index (χ4n) is 0. The molecule has 0 heterocycles. The van der Waals surface area contributed by atoms with Gasteiger partial charge in [-0.2, -0.15) is 0 Å². The number of carboxylic acids is 3. The standard InChI is InChI=1S/3C2H4O2.3Na.2H2O.3H/c3*1-2(3)4;;;;;;;;/h3*1H3,(H,3,4);;;;2*1H2;;;/q;;;3*+1;;;3*-1. The molecule has 0 amide bonds. The summed E-state index contributed by atoms with van der Waals surface area (Å²) in [6.45, 7) is 3.25. The van der Waals surface area contributed by atoms with Crippen LogP contribution < -0.4 is 88.7 Å². The molecule has 0 spiro atoms. The van der Waals surface area contributed by atoms with Gasteiger partial charge < -0.3 is 30.6 Å². The topological polar surface area (TPSA) is 175 Å². The largest absolute Gasteiger partial charge is 1.00 e. The monoisotopic (exact) mass is 288 g/mol. The van der Waals surface area contributed by atoms with Crippen LogP contribution in [0.1, 0.15) is 25.1 Å². The zero-order valence-electron chi connectivity index (χ0n) is 14.1. The van der Waals surface area contributed by atoms with Crippen molar-refractivity contribution in [3.63, 3.8) is 0 Å². The Kier molecular flexibility index (Phi) is 131. The van der Waals surface area contributed by atoms with Gasteiger partial charge in [0.25, 0.3) is 17.9 Å². The summed E-state index contributed by atoms with van der Waals surface area (Å²) in [6, 6.07) is 0. The van der Waals surface area contributed by atoms with Crippen LogP contribution in [-0.4, -0.2) is 44.2 Å². The molecular formula is C6H19Na3O8. The van der Waals surface area contributed by atoms with Gasteiger partial charge in [0.1, 0.15) is 0 Å². The van der Waals surface area contributed by atoms with E-state index in [0.717, 1.165) is 20.8 Å². The summed E-state index contributed by atoms with van der Waals surface area (Å²) < 4.78 is 0. The van der Waals surface area contributed by atoms with E-state index in [2.05, 4.69) is 0 Å². The van der Waals surface area contributed by atoms with Crippen molar-refractivity contribution in [2.45, 2.75) is 20.8 Å². The first-order valence-electron chi connectivity index (χ1n) is 2.78.